The Morgan fingerprint density at radius 2 is 2.05 bits per heavy atom. The molecule has 0 aliphatic carbocycles. The lowest BCUT2D eigenvalue weighted by Gasteiger charge is -2.38. The number of rotatable bonds is 2. The quantitative estimate of drug-likeness (QED) is 0.893. The van der Waals surface area contributed by atoms with Gasteiger partial charge in [-0.1, -0.05) is 0 Å². The van der Waals surface area contributed by atoms with E-state index in [0.717, 1.165) is 12.1 Å². The molecular formula is C12H9F3N2O2. The van der Waals surface area contributed by atoms with Crippen molar-refractivity contribution in [2.24, 2.45) is 5.92 Å². The second-order valence-corrected chi connectivity index (χ2v) is 4.28. The maximum Gasteiger partial charge on any atom is 0.417 e. The number of carbonyl (C=O) groups is 1. The lowest BCUT2D eigenvalue weighted by Crippen LogP contribution is -2.50. The Bertz CT molecular complexity index is 557. The molecule has 1 fully saturated rings. The summed E-state index contributed by atoms with van der Waals surface area (Å²) in [6.07, 6.45) is -4.57. The van der Waals surface area contributed by atoms with E-state index < -0.39 is 29.2 Å². The zero-order valence-corrected chi connectivity index (χ0v) is 9.61. The van der Waals surface area contributed by atoms with Crippen molar-refractivity contribution < 1.29 is 23.1 Å². The number of carboxylic acids is 1. The minimum atomic E-state index is -4.57. The number of anilines is 1. The molecule has 19 heavy (non-hydrogen) atoms. The van der Waals surface area contributed by atoms with Gasteiger partial charge in [-0.25, -0.2) is 0 Å². The topological polar surface area (TPSA) is 64.3 Å². The van der Waals surface area contributed by atoms with Gasteiger partial charge in [-0.3, -0.25) is 4.79 Å². The highest BCUT2D eigenvalue weighted by molar-refractivity contribution is 5.74. The number of halogens is 3. The first kappa shape index (κ1) is 13.2. The fourth-order valence-electron chi connectivity index (χ4n) is 1.91. The summed E-state index contributed by atoms with van der Waals surface area (Å²) in [7, 11) is 0. The van der Waals surface area contributed by atoms with Crippen LogP contribution < -0.4 is 4.90 Å². The molecule has 1 aliphatic rings. The fourth-order valence-corrected chi connectivity index (χ4v) is 1.91. The van der Waals surface area contributed by atoms with Crippen LogP contribution in [-0.2, 0) is 11.0 Å². The summed E-state index contributed by atoms with van der Waals surface area (Å²) in [5.74, 6) is -1.43. The molecule has 1 aliphatic heterocycles. The molecule has 1 saturated heterocycles. The Morgan fingerprint density at radius 3 is 2.53 bits per heavy atom. The first-order chi connectivity index (χ1) is 8.82. The standard InChI is InChI=1S/C12H9F3N2O2/c13-12(14,15)10-2-1-9(3-7(10)4-16)17-5-8(6-17)11(18)19/h1-3,8H,5-6H2,(H,18,19). The zero-order valence-electron chi connectivity index (χ0n) is 9.61. The highest BCUT2D eigenvalue weighted by Crippen LogP contribution is 2.35. The molecule has 4 nitrogen and oxygen atoms in total. The van der Waals surface area contributed by atoms with E-state index in [1.807, 2.05) is 0 Å². The van der Waals surface area contributed by atoms with Gasteiger partial charge < -0.3 is 10.0 Å². The van der Waals surface area contributed by atoms with Crippen LogP contribution in [0.4, 0.5) is 18.9 Å². The maximum absolute atomic E-state index is 12.6. The van der Waals surface area contributed by atoms with E-state index in [1.54, 1.807) is 4.90 Å². The molecule has 0 radical (unpaired) electrons. The lowest BCUT2D eigenvalue weighted by molar-refractivity contribution is -0.142. The number of nitrogens with zero attached hydrogens (tertiary/aromatic N) is 2. The van der Waals surface area contributed by atoms with Crippen molar-refractivity contribution in [3.8, 4) is 6.07 Å². The van der Waals surface area contributed by atoms with Gasteiger partial charge in [0.1, 0.15) is 0 Å². The average Bonchev–Trinajstić information content (AvgIpc) is 2.24. The number of aliphatic carboxylic acids is 1. The first-order valence-electron chi connectivity index (χ1n) is 5.42. The van der Waals surface area contributed by atoms with Crippen LogP contribution in [0.5, 0.6) is 0 Å². The van der Waals surface area contributed by atoms with Crippen molar-refractivity contribution in [3.63, 3.8) is 0 Å². The van der Waals surface area contributed by atoms with Crippen molar-refractivity contribution >= 4 is 11.7 Å². The van der Waals surface area contributed by atoms with Crippen LogP contribution in [0.25, 0.3) is 0 Å². The Morgan fingerprint density at radius 1 is 1.42 bits per heavy atom. The van der Waals surface area contributed by atoms with Gasteiger partial charge in [0.2, 0.25) is 0 Å². The third kappa shape index (κ3) is 2.47. The van der Waals surface area contributed by atoms with E-state index in [-0.39, 0.29) is 13.1 Å². The van der Waals surface area contributed by atoms with Crippen LogP contribution >= 0.6 is 0 Å². The Hall–Kier alpha value is -2.23. The van der Waals surface area contributed by atoms with Crippen LogP contribution in [0.2, 0.25) is 0 Å². The molecule has 0 bridgehead atoms. The molecule has 0 saturated carbocycles. The van der Waals surface area contributed by atoms with Crippen molar-refractivity contribution in [3.05, 3.63) is 29.3 Å². The highest BCUT2D eigenvalue weighted by atomic mass is 19.4. The predicted octanol–water partition coefficient (Wildman–Crippen LogP) is 2.10. The molecular weight excluding hydrogens is 261 g/mol. The molecule has 0 unspecified atom stereocenters. The highest BCUT2D eigenvalue weighted by Gasteiger charge is 2.36. The number of carboxylic acid groups (broad SMARTS) is 1. The SMILES string of the molecule is N#Cc1cc(N2CC(C(=O)O)C2)ccc1C(F)(F)F. The van der Waals surface area contributed by atoms with Gasteiger partial charge in [-0.15, -0.1) is 0 Å². The molecule has 0 atom stereocenters. The third-order valence-corrected chi connectivity index (χ3v) is 3.02. The molecule has 7 heteroatoms. The molecule has 1 N–H and O–H groups in total. The van der Waals surface area contributed by atoms with Crippen LogP contribution in [0.3, 0.4) is 0 Å². The van der Waals surface area contributed by atoms with Crippen LogP contribution in [0.1, 0.15) is 11.1 Å². The molecule has 0 amide bonds. The number of nitriles is 1. The van der Waals surface area contributed by atoms with Gasteiger partial charge in [0.05, 0.1) is 23.1 Å². The minimum absolute atomic E-state index is 0.242. The van der Waals surface area contributed by atoms with Gasteiger partial charge in [0.25, 0.3) is 0 Å². The molecule has 100 valence electrons. The van der Waals surface area contributed by atoms with Crippen LogP contribution in [0.15, 0.2) is 18.2 Å². The summed E-state index contributed by atoms with van der Waals surface area (Å²) in [5, 5.41) is 17.5. The van der Waals surface area contributed by atoms with Gasteiger partial charge in [0, 0.05) is 18.8 Å². The summed E-state index contributed by atoms with van der Waals surface area (Å²) in [6, 6.07) is 4.76. The summed E-state index contributed by atoms with van der Waals surface area (Å²) < 4.78 is 37.8. The summed E-state index contributed by atoms with van der Waals surface area (Å²) in [5.41, 5.74) is -1.00. The Labute approximate surface area is 106 Å². The van der Waals surface area contributed by atoms with Crippen LogP contribution in [0, 0.1) is 17.2 Å². The lowest BCUT2D eigenvalue weighted by atomic mass is 9.98. The van der Waals surface area contributed by atoms with Crippen molar-refractivity contribution in [2.75, 3.05) is 18.0 Å². The van der Waals surface area contributed by atoms with Crippen molar-refractivity contribution in [1.29, 1.82) is 5.26 Å². The van der Waals surface area contributed by atoms with E-state index in [9.17, 15) is 18.0 Å². The number of benzene rings is 1. The maximum atomic E-state index is 12.6. The van der Waals surface area contributed by atoms with Crippen molar-refractivity contribution in [1.82, 2.24) is 0 Å². The van der Waals surface area contributed by atoms with Gasteiger partial charge in [-0.05, 0) is 18.2 Å². The summed E-state index contributed by atoms with van der Waals surface area (Å²) in [4.78, 5) is 12.3. The molecule has 0 aromatic heterocycles. The molecule has 0 spiro atoms. The summed E-state index contributed by atoms with van der Waals surface area (Å²) >= 11 is 0. The number of alkyl halides is 3. The Balaban J connectivity index is 2.23. The van der Waals surface area contributed by atoms with E-state index in [0.29, 0.717) is 5.69 Å². The first-order valence-corrected chi connectivity index (χ1v) is 5.42. The second-order valence-electron chi connectivity index (χ2n) is 4.28. The monoisotopic (exact) mass is 270 g/mol. The molecule has 1 aromatic carbocycles. The van der Waals surface area contributed by atoms with Gasteiger partial charge >= 0.3 is 12.1 Å². The average molecular weight is 270 g/mol. The predicted molar refractivity (Wildman–Crippen MR) is 59.5 cm³/mol. The zero-order chi connectivity index (χ0) is 14.2. The van der Waals surface area contributed by atoms with E-state index in [1.165, 1.54) is 12.1 Å². The van der Waals surface area contributed by atoms with E-state index in [2.05, 4.69) is 0 Å². The normalized spacial score (nSPS) is 15.8. The number of hydrogen-bond acceptors (Lipinski definition) is 3. The smallest absolute Gasteiger partial charge is 0.417 e. The molecule has 1 aromatic rings. The van der Waals surface area contributed by atoms with Gasteiger partial charge in [0.15, 0.2) is 0 Å². The van der Waals surface area contributed by atoms with Crippen molar-refractivity contribution in [2.45, 2.75) is 6.18 Å². The van der Waals surface area contributed by atoms with E-state index in [4.69, 9.17) is 10.4 Å². The largest absolute Gasteiger partial charge is 0.481 e. The summed E-state index contributed by atoms with van der Waals surface area (Å²) in [6.45, 7) is 0.483. The van der Waals surface area contributed by atoms with E-state index >= 15 is 0 Å². The van der Waals surface area contributed by atoms with Gasteiger partial charge in [-0.2, -0.15) is 18.4 Å². The fraction of sp³-hybridized carbons (Fsp3) is 0.333. The Kier molecular flexibility index (Phi) is 3.10. The minimum Gasteiger partial charge on any atom is -0.481 e. The number of hydrogen-bond donors (Lipinski definition) is 1. The third-order valence-electron chi connectivity index (χ3n) is 3.02. The molecule has 2 rings (SSSR count). The van der Waals surface area contributed by atoms with Crippen LogP contribution in [-0.4, -0.2) is 24.2 Å². The molecule has 1 heterocycles. The second kappa shape index (κ2) is 4.46.